The van der Waals surface area contributed by atoms with E-state index in [1.54, 1.807) is 0 Å². The number of carbonyl (C=O) groups excluding carboxylic acids is 2. The fourth-order valence-corrected chi connectivity index (χ4v) is 8.61. The second-order valence-electron chi connectivity index (χ2n) is 17.3. The number of unbranched alkanes of at least 4 members (excludes halogenated alkanes) is 20. The number of carbonyl (C=O) groups is 2. The van der Waals surface area contributed by atoms with Gasteiger partial charge in [0, 0.05) is 12.8 Å². The molecule has 0 aromatic heterocycles. The van der Waals surface area contributed by atoms with Crippen molar-refractivity contribution in [3.63, 3.8) is 0 Å². The Balaban J connectivity index is 1.69. The number of hydrogen-bond donors (Lipinski definition) is 6. The van der Waals surface area contributed by atoms with Crippen molar-refractivity contribution in [2.75, 3.05) is 13.2 Å². The monoisotopic (exact) mass is 905 g/mol. The number of hydrogen-bond acceptors (Lipinski definition) is 13. The lowest BCUT2D eigenvalue weighted by Gasteiger charge is -2.41. The predicted molar refractivity (Wildman–Crippen MR) is 239 cm³/mol. The maximum atomic E-state index is 12.8. The van der Waals surface area contributed by atoms with Crippen LogP contribution in [0, 0.1) is 0 Å². The Hall–Kier alpha value is -1.71. The van der Waals surface area contributed by atoms with E-state index in [4.69, 9.17) is 23.3 Å². The van der Waals surface area contributed by atoms with Gasteiger partial charge >= 0.3 is 19.8 Å². The van der Waals surface area contributed by atoms with E-state index in [0.29, 0.717) is 25.0 Å². The summed E-state index contributed by atoms with van der Waals surface area (Å²) in [6.07, 6.45) is 25.4. The molecule has 14 nitrogen and oxygen atoms in total. The summed E-state index contributed by atoms with van der Waals surface area (Å²) in [4.78, 5) is 35.8. The van der Waals surface area contributed by atoms with Gasteiger partial charge in [0.25, 0.3) is 0 Å². The number of rotatable bonds is 39. The molecule has 0 aromatic rings. The van der Waals surface area contributed by atoms with Crippen molar-refractivity contribution in [3.05, 3.63) is 24.3 Å². The zero-order valence-electron chi connectivity index (χ0n) is 38.1. The highest BCUT2D eigenvalue weighted by Gasteiger charge is 2.51. The van der Waals surface area contributed by atoms with Gasteiger partial charge in [0.1, 0.15) is 43.2 Å². The summed E-state index contributed by atoms with van der Waals surface area (Å²) in [5, 5.41) is 50.2. The Bertz CT molecular complexity index is 1250. The Labute approximate surface area is 372 Å². The average Bonchev–Trinajstić information content (AvgIpc) is 4.01. The summed E-state index contributed by atoms with van der Waals surface area (Å²) in [7, 11) is -5.13. The molecule has 1 saturated heterocycles. The van der Waals surface area contributed by atoms with Crippen LogP contribution < -0.4 is 0 Å². The Kier molecular flexibility index (Phi) is 31.5. The van der Waals surface area contributed by atoms with Crippen LogP contribution in [0.5, 0.6) is 0 Å². The molecule has 6 N–H and O–H groups in total. The molecule has 0 radical (unpaired) electrons. The Morgan fingerprint density at radius 2 is 1.02 bits per heavy atom. The first-order chi connectivity index (χ1) is 29.9. The molecule has 1 aliphatic carbocycles. The fraction of sp³-hybridized carbons (Fsp3) is 0.872. The van der Waals surface area contributed by atoms with Crippen molar-refractivity contribution in [1.29, 1.82) is 0 Å². The molecule has 1 heterocycles. The predicted octanol–water partition coefficient (Wildman–Crippen LogP) is 8.60. The van der Waals surface area contributed by atoms with E-state index in [1.807, 2.05) is 0 Å². The standard InChI is InChI=1S/C47H85O14P/c1-3-5-7-8-9-10-11-12-13-14-15-16-17-18-23-26-30-34-41(49)59-37(36-58-62(55,56)61-47-45(53)43(51)42(50)44(52)46(47)54)35-57-40(48)33-29-25-22-20-19-21-24-28-32-39-38(60-39)31-27-6-4-2/h12-13,24,28,37-39,42-47,50-54H,3-11,14-23,25-27,29-36H2,1-2H3,(H,55,56)/b13-12-,28-24-/t37-,38?,39?,42?,43-,44+,45-,46-,47?/m1/s1. The molecule has 2 rings (SSSR count). The molecule has 0 amide bonds. The summed E-state index contributed by atoms with van der Waals surface area (Å²) in [6.45, 7) is 3.25. The first-order valence-electron chi connectivity index (χ1n) is 24.3. The molecule has 0 aromatic carbocycles. The first-order valence-corrected chi connectivity index (χ1v) is 25.8. The molecule has 15 heteroatoms. The quantitative estimate of drug-likeness (QED) is 0.0112. The van der Waals surface area contributed by atoms with Gasteiger partial charge in [-0.05, 0) is 64.2 Å². The molecule has 2 aliphatic rings. The maximum Gasteiger partial charge on any atom is 0.472 e. The van der Waals surface area contributed by atoms with Crippen LogP contribution in [-0.4, -0.2) is 111 Å². The topological polar surface area (TPSA) is 222 Å². The SMILES string of the molecule is CCCCCCCC/C=C\CCCCCCCCCC(=O)O[C@H](COC(=O)CCCCCCC/C=C\CC1OC1CCCCC)COP(=O)(O)OC1[C@H](O)[C@H](O)C(O)[C@H](O)[C@H]1O. The van der Waals surface area contributed by atoms with Crippen LogP contribution in [0.4, 0.5) is 0 Å². The van der Waals surface area contributed by atoms with Gasteiger partial charge in [-0.25, -0.2) is 4.57 Å². The second-order valence-corrected chi connectivity index (χ2v) is 18.8. The van der Waals surface area contributed by atoms with E-state index in [9.17, 15) is 44.6 Å². The third-order valence-corrected chi connectivity index (χ3v) is 12.7. The average molecular weight is 905 g/mol. The third kappa shape index (κ3) is 26.3. The van der Waals surface area contributed by atoms with Crippen LogP contribution in [0.2, 0.25) is 0 Å². The molecule has 5 unspecified atom stereocenters. The molecular weight excluding hydrogens is 819 g/mol. The lowest BCUT2D eigenvalue weighted by Crippen LogP contribution is -2.64. The van der Waals surface area contributed by atoms with Gasteiger partial charge in [-0.2, -0.15) is 0 Å². The largest absolute Gasteiger partial charge is 0.472 e. The van der Waals surface area contributed by atoms with Crippen molar-refractivity contribution in [3.8, 4) is 0 Å². The van der Waals surface area contributed by atoms with Gasteiger partial charge in [0.2, 0.25) is 0 Å². The third-order valence-electron chi connectivity index (χ3n) is 11.7. The minimum Gasteiger partial charge on any atom is -0.462 e. The summed E-state index contributed by atoms with van der Waals surface area (Å²) < 4.78 is 39.3. The fourth-order valence-electron chi connectivity index (χ4n) is 7.64. The van der Waals surface area contributed by atoms with E-state index < -0.39 is 75.7 Å². The molecular formula is C47H85O14P. The number of epoxide rings is 1. The van der Waals surface area contributed by atoms with E-state index in [2.05, 4.69) is 38.2 Å². The lowest BCUT2D eigenvalue weighted by molar-refractivity contribution is -0.220. The lowest BCUT2D eigenvalue weighted by atomic mass is 9.85. The summed E-state index contributed by atoms with van der Waals surface area (Å²) in [6, 6.07) is 0. The summed E-state index contributed by atoms with van der Waals surface area (Å²) in [5.41, 5.74) is 0. The zero-order chi connectivity index (χ0) is 45.4. The number of phosphoric acid groups is 1. The molecule has 0 bridgehead atoms. The number of esters is 2. The molecule has 362 valence electrons. The molecule has 0 spiro atoms. The van der Waals surface area contributed by atoms with Crippen LogP contribution >= 0.6 is 7.82 Å². The van der Waals surface area contributed by atoms with E-state index >= 15 is 0 Å². The first kappa shape index (κ1) is 56.4. The maximum absolute atomic E-state index is 12.8. The van der Waals surface area contributed by atoms with Gasteiger partial charge in [0.05, 0.1) is 18.8 Å². The second kappa shape index (κ2) is 34.6. The van der Waals surface area contributed by atoms with Crippen molar-refractivity contribution < 1.29 is 67.8 Å². The minimum atomic E-state index is -5.13. The number of ether oxygens (including phenoxy) is 3. The summed E-state index contributed by atoms with van der Waals surface area (Å²) in [5.74, 6) is -1.12. The highest BCUT2D eigenvalue weighted by Crippen LogP contribution is 2.47. The van der Waals surface area contributed by atoms with Crippen LogP contribution in [0.25, 0.3) is 0 Å². The number of aliphatic hydroxyl groups excluding tert-OH is 5. The minimum absolute atomic E-state index is 0.0873. The summed E-state index contributed by atoms with van der Waals surface area (Å²) >= 11 is 0. The van der Waals surface area contributed by atoms with E-state index in [1.165, 1.54) is 77.0 Å². The normalized spacial score (nSPS) is 25.3. The van der Waals surface area contributed by atoms with Gasteiger partial charge in [-0.1, -0.05) is 141 Å². The molecule has 1 saturated carbocycles. The number of allylic oxidation sites excluding steroid dienone is 3. The van der Waals surface area contributed by atoms with Crippen LogP contribution in [0.15, 0.2) is 24.3 Å². The number of aliphatic hydroxyl groups is 5. The highest BCUT2D eigenvalue weighted by atomic mass is 31.2. The number of phosphoric ester groups is 1. The molecule has 2 fully saturated rings. The highest BCUT2D eigenvalue weighted by molar-refractivity contribution is 7.47. The smallest absolute Gasteiger partial charge is 0.462 e. The zero-order valence-corrected chi connectivity index (χ0v) is 39.0. The van der Waals surface area contributed by atoms with Gasteiger partial charge in [-0.15, -0.1) is 0 Å². The molecule has 1 aliphatic heterocycles. The van der Waals surface area contributed by atoms with Crippen molar-refractivity contribution in [2.24, 2.45) is 0 Å². The molecule has 10 atom stereocenters. The van der Waals surface area contributed by atoms with E-state index in [-0.39, 0.29) is 12.8 Å². The van der Waals surface area contributed by atoms with Crippen LogP contribution in [-0.2, 0) is 37.4 Å². The Morgan fingerprint density at radius 1 is 0.565 bits per heavy atom. The van der Waals surface area contributed by atoms with Crippen molar-refractivity contribution in [1.82, 2.24) is 0 Å². The van der Waals surface area contributed by atoms with Gasteiger partial charge in [-0.3, -0.25) is 18.6 Å². The van der Waals surface area contributed by atoms with Crippen LogP contribution in [0.1, 0.15) is 194 Å². The van der Waals surface area contributed by atoms with E-state index in [0.717, 1.165) is 77.0 Å². The van der Waals surface area contributed by atoms with Gasteiger partial charge < -0.3 is 44.6 Å². The molecule has 62 heavy (non-hydrogen) atoms. The van der Waals surface area contributed by atoms with Crippen molar-refractivity contribution in [2.45, 2.75) is 249 Å². The van der Waals surface area contributed by atoms with Crippen molar-refractivity contribution >= 4 is 19.8 Å². The van der Waals surface area contributed by atoms with Crippen LogP contribution in [0.3, 0.4) is 0 Å². The Morgan fingerprint density at radius 3 is 1.56 bits per heavy atom. The van der Waals surface area contributed by atoms with Gasteiger partial charge in [0.15, 0.2) is 6.10 Å².